The highest BCUT2D eigenvalue weighted by molar-refractivity contribution is 7.89. The predicted molar refractivity (Wildman–Crippen MR) is 71.8 cm³/mol. The Labute approximate surface area is 121 Å². The lowest BCUT2D eigenvalue weighted by Crippen LogP contribution is -2.27. The zero-order valence-electron chi connectivity index (χ0n) is 11.1. The van der Waals surface area contributed by atoms with Crippen molar-refractivity contribution in [3.8, 4) is 0 Å². The lowest BCUT2D eigenvalue weighted by molar-refractivity contribution is -0.387. The van der Waals surface area contributed by atoms with E-state index in [0.29, 0.717) is 18.6 Å². The molecule has 0 aromatic heterocycles. The maximum absolute atomic E-state index is 13.4. The van der Waals surface area contributed by atoms with Crippen LogP contribution in [0.15, 0.2) is 23.1 Å². The van der Waals surface area contributed by atoms with Crippen LogP contribution in [0, 0.1) is 21.8 Å². The number of nitro groups is 1. The van der Waals surface area contributed by atoms with E-state index in [-0.39, 0.29) is 18.0 Å². The van der Waals surface area contributed by atoms with Gasteiger partial charge >= 0.3 is 5.69 Å². The lowest BCUT2D eigenvalue weighted by atomic mass is 10.3. The van der Waals surface area contributed by atoms with Crippen LogP contribution in [0.2, 0.25) is 0 Å². The van der Waals surface area contributed by atoms with Crippen molar-refractivity contribution in [2.24, 2.45) is 5.92 Å². The van der Waals surface area contributed by atoms with Crippen molar-refractivity contribution in [3.05, 3.63) is 34.1 Å². The molecule has 1 aliphatic carbocycles. The SMILES string of the molecule is O=[N+]([O-])c1ccc(S(=O)(=O)NCCOCC2CC2)cc1F. The summed E-state index contributed by atoms with van der Waals surface area (Å²) >= 11 is 0. The summed E-state index contributed by atoms with van der Waals surface area (Å²) in [6.45, 7) is 0.909. The standard InChI is InChI=1S/C12H15FN2O5S/c13-11-7-10(3-4-12(11)15(16)17)21(18,19)14-5-6-20-8-9-1-2-9/h3-4,7,9,14H,1-2,5-6,8H2. The second-order valence-electron chi connectivity index (χ2n) is 4.79. The zero-order valence-corrected chi connectivity index (χ0v) is 11.9. The summed E-state index contributed by atoms with van der Waals surface area (Å²) in [6.07, 6.45) is 2.29. The fraction of sp³-hybridized carbons (Fsp3) is 0.500. The van der Waals surface area contributed by atoms with Gasteiger partial charge in [-0.1, -0.05) is 0 Å². The molecule has 21 heavy (non-hydrogen) atoms. The topological polar surface area (TPSA) is 98.5 Å². The van der Waals surface area contributed by atoms with Crippen LogP contribution in [0.3, 0.4) is 0 Å². The molecule has 1 aliphatic rings. The van der Waals surface area contributed by atoms with Crippen LogP contribution in [0.5, 0.6) is 0 Å². The van der Waals surface area contributed by atoms with E-state index in [4.69, 9.17) is 4.74 Å². The quantitative estimate of drug-likeness (QED) is 0.444. The summed E-state index contributed by atoms with van der Waals surface area (Å²) in [6, 6.07) is 2.45. The molecule has 1 aromatic rings. The van der Waals surface area contributed by atoms with Gasteiger partial charge in [-0.15, -0.1) is 0 Å². The average Bonchev–Trinajstić information content (AvgIpc) is 3.21. The van der Waals surface area contributed by atoms with Gasteiger partial charge in [-0.2, -0.15) is 4.39 Å². The molecule has 1 fully saturated rings. The Morgan fingerprint density at radius 2 is 2.14 bits per heavy atom. The van der Waals surface area contributed by atoms with E-state index < -0.39 is 26.5 Å². The average molecular weight is 318 g/mol. The Bertz CT molecular complexity index is 631. The molecule has 0 amide bonds. The van der Waals surface area contributed by atoms with E-state index in [1.54, 1.807) is 0 Å². The van der Waals surface area contributed by atoms with Crippen LogP contribution in [0.4, 0.5) is 10.1 Å². The normalized spacial score (nSPS) is 15.1. The maximum Gasteiger partial charge on any atom is 0.304 e. The van der Waals surface area contributed by atoms with Crippen LogP contribution in [0.25, 0.3) is 0 Å². The van der Waals surface area contributed by atoms with E-state index in [2.05, 4.69) is 4.72 Å². The van der Waals surface area contributed by atoms with Gasteiger partial charge in [0.05, 0.1) is 16.4 Å². The summed E-state index contributed by atoms with van der Waals surface area (Å²) in [5, 5.41) is 10.5. The van der Waals surface area contributed by atoms with E-state index >= 15 is 0 Å². The molecule has 0 saturated heterocycles. The van der Waals surface area contributed by atoms with Gasteiger partial charge < -0.3 is 4.74 Å². The van der Waals surface area contributed by atoms with Gasteiger partial charge in [-0.3, -0.25) is 10.1 Å². The molecular weight excluding hydrogens is 303 g/mol. The highest BCUT2D eigenvalue weighted by Crippen LogP contribution is 2.28. The first-order valence-corrected chi connectivity index (χ1v) is 7.90. The number of benzene rings is 1. The first-order valence-electron chi connectivity index (χ1n) is 6.41. The molecule has 1 saturated carbocycles. The molecule has 9 heteroatoms. The fourth-order valence-corrected chi connectivity index (χ4v) is 2.69. The van der Waals surface area contributed by atoms with Crippen LogP contribution in [-0.2, 0) is 14.8 Å². The monoisotopic (exact) mass is 318 g/mol. The van der Waals surface area contributed by atoms with Crippen molar-refractivity contribution in [2.75, 3.05) is 19.8 Å². The van der Waals surface area contributed by atoms with Gasteiger partial charge in [0.1, 0.15) is 0 Å². The lowest BCUT2D eigenvalue weighted by Gasteiger charge is -2.07. The number of nitrogens with one attached hydrogen (secondary N) is 1. The number of nitrogens with zero attached hydrogens (tertiary/aromatic N) is 1. The van der Waals surface area contributed by atoms with Gasteiger partial charge in [0, 0.05) is 25.3 Å². The predicted octanol–water partition coefficient (Wildman–Crippen LogP) is 1.44. The smallest absolute Gasteiger partial charge is 0.304 e. The molecule has 0 unspecified atom stereocenters. The minimum Gasteiger partial charge on any atom is -0.380 e. The molecule has 1 N–H and O–H groups in total. The van der Waals surface area contributed by atoms with Crippen LogP contribution >= 0.6 is 0 Å². The Hall–Kier alpha value is -1.58. The zero-order chi connectivity index (χ0) is 15.5. The van der Waals surface area contributed by atoms with Crippen molar-refractivity contribution < 1.29 is 22.5 Å². The minimum atomic E-state index is -3.90. The molecule has 0 heterocycles. The van der Waals surface area contributed by atoms with E-state index in [0.717, 1.165) is 25.0 Å². The van der Waals surface area contributed by atoms with Gasteiger partial charge in [0.25, 0.3) is 0 Å². The summed E-state index contributed by atoms with van der Waals surface area (Å²) in [5.41, 5.74) is -0.762. The van der Waals surface area contributed by atoms with Gasteiger partial charge in [0.2, 0.25) is 15.8 Å². The summed E-state index contributed by atoms with van der Waals surface area (Å²) in [5.74, 6) is -0.599. The third-order valence-electron chi connectivity index (χ3n) is 3.02. The maximum atomic E-state index is 13.4. The van der Waals surface area contributed by atoms with Gasteiger partial charge in [-0.25, -0.2) is 13.1 Å². The number of hydrogen-bond donors (Lipinski definition) is 1. The first kappa shape index (κ1) is 15.8. The molecule has 116 valence electrons. The van der Waals surface area contributed by atoms with Crippen molar-refractivity contribution in [1.29, 1.82) is 0 Å². The molecule has 0 aliphatic heterocycles. The first-order chi connectivity index (χ1) is 9.90. The van der Waals surface area contributed by atoms with Crippen molar-refractivity contribution >= 4 is 15.7 Å². The number of hydrogen-bond acceptors (Lipinski definition) is 5. The second kappa shape index (κ2) is 6.46. The Morgan fingerprint density at radius 1 is 1.43 bits per heavy atom. The Morgan fingerprint density at radius 3 is 2.71 bits per heavy atom. The van der Waals surface area contributed by atoms with Crippen molar-refractivity contribution in [3.63, 3.8) is 0 Å². The molecule has 0 radical (unpaired) electrons. The van der Waals surface area contributed by atoms with E-state index in [9.17, 15) is 22.9 Å². The van der Waals surface area contributed by atoms with Crippen LogP contribution in [0.1, 0.15) is 12.8 Å². The Balaban J connectivity index is 1.91. The number of nitro benzene ring substituents is 1. The molecule has 1 aromatic carbocycles. The second-order valence-corrected chi connectivity index (χ2v) is 6.55. The van der Waals surface area contributed by atoms with Gasteiger partial charge in [-0.05, 0) is 24.8 Å². The molecule has 0 spiro atoms. The molecule has 2 rings (SSSR count). The summed E-state index contributed by atoms with van der Waals surface area (Å²) in [4.78, 5) is 9.20. The number of ether oxygens (including phenoxy) is 1. The van der Waals surface area contributed by atoms with Crippen LogP contribution < -0.4 is 4.72 Å². The number of halogens is 1. The number of sulfonamides is 1. The highest BCUT2D eigenvalue weighted by atomic mass is 32.2. The largest absolute Gasteiger partial charge is 0.380 e. The van der Waals surface area contributed by atoms with Crippen LogP contribution in [-0.4, -0.2) is 33.1 Å². The number of rotatable bonds is 8. The molecule has 7 nitrogen and oxygen atoms in total. The van der Waals surface area contributed by atoms with Crippen molar-refractivity contribution in [1.82, 2.24) is 4.72 Å². The Kier molecular flexibility index (Phi) is 4.86. The minimum absolute atomic E-state index is 0.0632. The fourth-order valence-electron chi connectivity index (χ4n) is 1.67. The third-order valence-corrected chi connectivity index (χ3v) is 4.47. The van der Waals surface area contributed by atoms with Gasteiger partial charge in [0.15, 0.2) is 0 Å². The third kappa shape index (κ3) is 4.45. The molecular formula is C12H15FN2O5S. The van der Waals surface area contributed by atoms with E-state index in [1.807, 2.05) is 0 Å². The van der Waals surface area contributed by atoms with E-state index in [1.165, 1.54) is 0 Å². The summed E-state index contributed by atoms with van der Waals surface area (Å²) in [7, 11) is -3.90. The summed E-state index contributed by atoms with van der Waals surface area (Å²) < 4.78 is 44.7. The van der Waals surface area contributed by atoms with Crippen molar-refractivity contribution in [2.45, 2.75) is 17.7 Å². The molecule has 0 bridgehead atoms. The highest BCUT2D eigenvalue weighted by Gasteiger charge is 2.22. The molecule has 0 atom stereocenters.